The van der Waals surface area contributed by atoms with E-state index >= 15 is 0 Å². The van der Waals surface area contributed by atoms with E-state index in [9.17, 15) is 4.79 Å². The van der Waals surface area contributed by atoms with E-state index < -0.39 is 5.41 Å². The molecule has 3 N–H and O–H groups in total. The lowest BCUT2D eigenvalue weighted by molar-refractivity contribution is -0.130. The van der Waals surface area contributed by atoms with Crippen molar-refractivity contribution < 1.29 is 9.53 Å². The highest BCUT2D eigenvalue weighted by molar-refractivity contribution is 7.13. The Hall–Kier alpha value is -1.76. The van der Waals surface area contributed by atoms with Crippen molar-refractivity contribution in [3.63, 3.8) is 0 Å². The Morgan fingerprint density at radius 3 is 2.64 bits per heavy atom. The molecular weight excluding hydrogens is 298 g/mol. The molecule has 1 aromatic carbocycles. The number of aromatic nitrogens is 1. The molecule has 5 nitrogen and oxygen atoms in total. The first-order valence-electron chi connectivity index (χ1n) is 7.33. The number of ether oxygens (including phenoxy) is 1. The molecule has 1 aliphatic rings. The molecule has 1 fully saturated rings. The molecule has 1 saturated heterocycles. The monoisotopic (exact) mass is 317 g/mol. The molecule has 0 saturated carbocycles. The fraction of sp³-hybridized carbons (Fsp3) is 0.375. The van der Waals surface area contributed by atoms with Gasteiger partial charge in [0.15, 0.2) is 0 Å². The third-order valence-corrected chi connectivity index (χ3v) is 4.97. The highest BCUT2D eigenvalue weighted by Crippen LogP contribution is 2.31. The lowest BCUT2D eigenvalue weighted by Gasteiger charge is -2.34. The van der Waals surface area contributed by atoms with Crippen molar-refractivity contribution in [2.45, 2.75) is 12.8 Å². The number of hydrogen-bond acceptors (Lipinski definition) is 5. The summed E-state index contributed by atoms with van der Waals surface area (Å²) in [5.74, 6) is -0.0136. The minimum Gasteiger partial charge on any atom is -0.381 e. The summed E-state index contributed by atoms with van der Waals surface area (Å²) in [5, 5.41) is 5.90. The zero-order valence-corrected chi connectivity index (χ0v) is 13.1. The van der Waals surface area contributed by atoms with Crippen LogP contribution in [0.25, 0.3) is 10.6 Å². The predicted octanol–water partition coefficient (Wildman–Crippen LogP) is 2.50. The van der Waals surface area contributed by atoms with Gasteiger partial charge in [-0.15, -0.1) is 11.3 Å². The topological polar surface area (TPSA) is 77.2 Å². The quantitative estimate of drug-likeness (QED) is 0.908. The summed E-state index contributed by atoms with van der Waals surface area (Å²) >= 11 is 1.59. The van der Waals surface area contributed by atoms with E-state index in [-0.39, 0.29) is 5.91 Å². The fourth-order valence-corrected chi connectivity index (χ4v) is 3.26. The summed E-state index contributed by atoms with van der Waals surface area (Å²) in [7, 11) is 0. The summed E-state index contributed by atoms with van der Waals surface area (Å²) < 4.78 is 5.34. The second-order valence-corrected chi connectivity index (χ2v) is 6.36. The number of carbonyl (C=O) groups is 1. The summed E-state index contributed by atoms with van der Waals surface area (Å²) in [4.78, 5) is 16.9. The first-order valence-corrected chi connectivity index (χ1v) is 8.21. The normalized spacial score (nSPS) is 17.1. The molecule has 1 amide bonds. The number of nitrogens with two attached hydrogens (primary N) is 1. The largest absolute Gasteiger partial charge is 0.381 e. The molecule has 0 radical (unpaired) electrons. The van der Waals surface area contributed by atoms with Crippen LogP contribution in [0.3, 0.4) is 0 Å². The van der Waals surface area contributed by atoms with Gasteiger partial charge in [-0.05, 0) is 37.1 Å². The van der Waals surface area contributed by atoms with E-state index in [4.69, 9.17) is 10.5 Å². The minimum atomic E-state index is -0.508. The summed E-state index contributed by atoms with van der Waals surface area (Å²) in [5.41, 5.74) is 7.18. The van der Waals surface area contributed by atoms with Crippen LogP contribution in [0.5, 0.6) is 0 Å². The average molecular weight is 317 g/mol. The molecule has 2 aromatic rings. The zero-order chi connectivity index (χ0) is 15.4. The van der Waals surface area contributed by atoms with Gasteiger partial charge in [-0.3, -0.25) is 4.79 Å². The van der Waals surface area contributed by atoms with Gasteiger partial charge >= 0.3 is 0 Å². The molecule has 0 atom stereocenters. The van der Waals surface area contributed by atoms with E-state index in [1.807, 2.05) is 29.6 Å². The van der Waals surface area contributed by atoms with Crippen molar-refractivity contribution in [2.24, 2.45) is 11.1 Å². The van der Waals surface area contributed by atoms with Gasteiger partial charge in [0.25, 0.3) is 0 Å². The lowest BCUT2D eigenvalue weighted by atomic mass is 9.79. The minimum absolute atomic E-state index is 0.0136. The Labute approximate surface area is 133 Å². The van der Waals surface area contributed by atoms with E-state index in [0.717, 1.165) is 16.3 Å². The number of carbonyl (C=O) groups excluding carboxylic acids is 1. The Morgan fingerprint density at radius 2 is 2.05 bits per heavy atom. The predicted molar refractivity (Wildman–Crippen MR) is 87.7 cm³/mol. The number of thiazole rings is 1. The molecule has 1 aliphatic heterocycles. The van der Waals surface area contributed by atoms with Crippen LogP contribution in [-0.2, 0) is 9.53 Å². The molecule has 0 spiro atoms. The fourth-order valence-electron chi connectivity index (χ4n) is 2.61. The van der Waals surface area contributed by atoms with Crippen LogP contribution in [-0.4, -0.2) is 30.6 Å². The Balaban J connectivity index is 1.71. The molecule has 22 heavy (non-hydrogen) atoms. The standard InChI is InChI=1S/C16H19N3O2S/c17-11-16(5-8-21-9-6-16)15(20)19-13-3-1-12(2-4-13)14-18-7-10-22-14/h1-4,7,10H,5-6,8-9,11,17H2,(H,19,20). The zero-order valence-electron chi connectivity index (χ0n) is 12.2. The third-order valence-electron chi connectivity index (χ3n) is 4.14. The van der Waals surface area contributed by atoms with Crippen molar-refractivity contribution in [1.29, 1.82) is 0 Å². The van der Waals surface area contributed by atoms with Gasteiger partial charge in [-0.25, -0.2) is 4.98 Å². The number of rotatable bonds is 4. The smallest absolute Gasteiger partial charge is 0.232 e. The molecule has 2 heterocycles. The SMILES string of the molecule is NCC1(C(=O)Nc2ccc(-c3nccs3)cc2)CCOCC1. The maximum atomic E-state index is 12.6. The highest BCUT2D eigenvalue weighted by Gasteiger charge is 2.38. The highest BCUT2D eigenvalue weighted by atomic mass is 32.1. The van der Waals surface area contributed by atoms with Crippen LogP contribution in [0.1, 0.15) is 12.8 Å². The maximum absolute atomic E-state index is 12.6. The Kier molecular flexibility index (Phi) is 4.52. The summed E-state index contributed by atoms with van der Waals surface area (Å²) in [6.45, 7) is 1.53. The molecule has 0 unspecified atom stereocenters. The third kappa shape index (κ3) is 3.04. The second kappa shape index (κ2) is 6.56. The van der Waals surface area contributed by atoms with Crippen molar-refractivity contribution in [1.82, 2.24) is 4.98 Å². The number of anilines is 1. The molecule has 116 valence electrons. The molecule has 0 bridgehead atoms. The van der Waals surface area contributed by atoms with Crippen molar-refractivity contribution >= 4 is 22.9 Å². The van der Waals surface area contributed by atoms with Crippen molar-refractivity contribution in [3.05, 3.63) is 35.8 Å². The van der Waals surface area contributed by atoms with Crippen LogP contribution < -0.4 is 11.1 Å². The first kappa shape index (κ1) is 15.1. The Morgan fingerprint density at radius 1 is 1.32 bits per heavy atom. The van der Waals surface area contributed by atoms with Gasteiger partial charge < -0.3 is 15.8 Å². The van der Waals surface area contributed by atoms with E-state index in [1.54, 1.807) is 17.5 Å². The van der Waals surface area contributed by atoms with Gasteiger partial charge in [0.05, 0.1) is 5.41 Å². The first-order chi connectivity index (χ1) is 10.7. The van der Waals surface area contributed by atoms with E-state index in [0.29, 0.717) is 32.6 Å². The molecule has 0 aliphatic carbocycles. The van der Waals surface area contributed by atoms with Crippen LogP contribution in [0, 0.1) is 5.41 Å². The average Bonchev–Trinajstić information content (AvgIpc) is 3.10. The van der Waals surface area contributed by atoms with Gasteiger partial charge in [0.1, 0.15) is 5.01 Å². The van der Waals surface area contributed by atoms with Crippen molar-refractivity contribution in [2.75, 3.05) is 25.1 Å². The summed E-state index contributed by atoms with van der Waals surface area (Å²) in [6.07, 6.45) is 3.13. The maximum Gasteiger partial charge on any atom is 0.232 e. The molecule has 6 heteroatoms. The lowest BCUT2D eigenvalue weighted by Crippen LogP contribution is -2.46. The Bertz CT molecular complexity index is 619. The molecular formula is C16H19N3O2S. The molecule has 1 aromatic heterocycles. The van der Waals surface area contributed by atoms with E-state index in [2.05, 4.69) is 10.3 Å². The molecule has 3 rings (SSSR count). The van der Waals surface area contributed by atoms with E-state index in [1.165, 1.54) is 0 Å². The van der Waals surface area contributed by atoms with Gasteiger partial charge in [0, 0.05) is 42.6 Å². The number of nitrogens with one attached hydrogen (secondary N) is 1. The van der Waals surface area contributed by atoms with Gasteiger partial charge in [-0.1, -0.05) is 0 Å². The number of nitrogens with zero attached hydrogens (tertiary/aromatic N) is 1. The van der Waals surface area contributed by atoms with Crippen LogP contribution in [0.2, 0.25) is 0 Å². The van der Waals surface area contributed by atoms with Gasteiger partial charge in [-0.2, -0.15) is 0 Å². The van der Waals surface area contributed by atoms with Crippen LogP contribution >= 0.6 is 11.3 Å². The second-order valence-electron chi connectivity index (χ2n) is 5.47. The summed E-state index contributed by atoms with van der Waals surface area (Å²) in [6, 6.07) is 7.73. The van der Waals surface area contributed by atoms with Crippen LogP contribution in [0.4, 0.5) is 5.69 Å². The van der Waals surface area contributed by atoms with Crippen molar-refractivity contribution in [3.8, 4) is 10.6 Å². The number of benzene rings is 1. The van der Waals surface area contributed by atoms with Crippen LogP contribution in [0.15, 0.2) is 35.8 Å². The van der Waals surface area contributed by atoms with Gasteiger partial charge in [0.2, 0.25) is 5.91 Å². The number of amides is 1. The number of hydrogen-bond donors (Lipinski definition) is 2.